The number of alkyl halides is 3. The summed E-state index contributed by atoms with van der Waals surface area (Å²) in [5.41, 5.74) is -2.84. The SMILES string of the molecule is COC[C@](C)(O)CNC(=O)c1ccccc1C(F)(F)F. The molecule has 112 valence electrons. The standard InChI is InChI=1S/C13H16F3NO3/c1-12(19,8-20-2)7-17-11(18)9-5-3-4-6-10(9)13(14,15)16/h3-6,19H,7-8H2,1-2H3,(H,17,18)/t12-/m1/s1. The minimum absolute atomic E-state index is 0.0474. The summed E-state index contributed by atoms with van der Waals surface area (Å²) in [7, 11) is 1.37. The number of nitrogens with one attached hydrogen (secondary N) is 1. The van der Waals surface area contributed by atoms with E-state index in [9.17, 15) is 23.1 Å². The maximum atomic E-state index is 12.8. The molecule has 0 unspecified atom stereocenters. The number of aliphatic hydroxyl groups is 1. The Bertz CT molecular complexity index is 472. The molecule has 0 aliphatic carbocycles. The van der Waals surface area contributed by atoms with Gasteiger partial charge in [0, 0.05) is 13.7 Å². The van der Waals surface area contributed by atoms with Crippen LogP contribution in [0.25, 0.3) is 0 Å². The lowest BCUT2D eigenvalue weighted by molar-refractivity contribution is -0.137. The van der Waals surface area contributed by atoms with Crippen LogP contribution < -0.4 is 5.32 Å². The third-order valence-electron chi connectivity index (χ3n) is 2.56. The molecule has 0 bridgehead atoms. The van der Waals surface area contributed by atoms with Crippen LogP contribution >= 0.6 is 0 Å². The molecular weight excluding hydrogens is 275 g/mol. The van der Waals surface area contributed by atoms with Crippen molar-refractivity contribution in [3.63, 3.8) is 0 Å². The number of carbonyl (C=O) groups is 1. The van der Waals surface area contributed by atoms with Crippen LogP contribution in [0.5, 0.6) is 0 Å². The normalized spacial score (nSPS) is 14.7. The lowest BCUT2D eigenvalue weighted by Gasteiger charge is -2.23. The second-order valence-corrected chi connectivity index (χ2v) is 4.66. The number of benzene rings is 1. The van der Waals surface area contributed by atoms with E-state index in [1.807, 2.05) is 0 Å². The van der Waals surface area contributed by atoms with Gasteiger partial charge >= 0.3 is 6.18 Å². The summed E-state index contributed by atoms with van der Waals surface area (Å²) in [5, 5.41) is 12.0. The molecule has 0 saturated heterocycles. The van der Waals surface area contributed by atoms with Crippen molar-refractivity contribution in [3.8, 4) is 0 Å². The first-order valence-corrected chi connectivity index (χ1v) is 5.83. The van der Waals surface area contributed by atoms with Crippen LogP contribution in [-0.4, -0.2) is 36.9 Å². The smallest absolute Gasteiger partial charge is 0.386 e. The number of methoxy groups -OCH3 is 1. The van der Waals surface area contributed by atoms with Gasteiger partial charge in [0.2, 0.25) is 0 Å². The van der Waals surface area contributed by atoms with E-state index in [0.29, 0.717) is 0 Å². The summed E-state index contributed by atoms with van der Waals surface area (Å²) >= 11 is 0. The number of rotatable bonds is 5. The molecule has 0 fully saturated rings. The molecule has 1 amide bonds. The van der Waals surface area contributed by atoms with E-state index < -0.39 is 28.8 Å². The van der Waals surface area contributed by atoms with Crippen LogP contribution in [0.2, 0.25) is 0 Å². The first kappa shape index (κ1) is 16.5. The van der Waals surface area contributed by atoms with Crippen molar-refractivity contribution in [2.75, 3.05) is 20.3 Å². The number of carbonyl (C=O) groups excluding carboxylic acids is 1. The summed E-state index contributed by atoms with van der Waals surface area (Å²) in [4.78, 5) is 11.8. The Morgan fingerprint density at radius 3 is 2.50 bits per heavy atom. The van der Waals surface area contributed by atoms with Crippen molar-refractivity contribution in [1.82, 2.24) is 5.32 Å². The van der Waals surface area contributed by atoms with Crippen molar-refractivity contribution < 1.29 is 27.8 Å². The van der Waals surface area contributed by atoms with Crippen LogP contribution in [0.15, 0.2) is 24.3 Å². The van der Waals surface area contributed by atoms with Crippen LogP contribution in [0.1, 0.15) is 22.8 Å². The molecule has 1 atom stereocenters. The zero-order valence-electron chi connectivity index (χ0n) is 11.1. The van der Waals surface area contributed by atoms with E-state index in [4.69, 9.17) is 4.74 Å². The predicted octanol–water partition coefficient (Wildman–Crippen LogP) is 1.83. The fourth-order valence-corrected chi connectivity index (χ4v) is 1.66. The molecule has 1 aromatic rings. The molecule has 20 heavy (non-hydrogen) atoms. The van der Waals surface area contributed by atoms with E-state index in [2.05, 4.69) is 5.32 Å². The maximum Gasteiger partial charge on any atom is 0.417 e. The third-order valence-corrected chi connectivity index (χ3v) is 2.56. The number of hydrogen-bond acceptors (Lipinski definition) is 3. The van der Waals surface area contributed by atoms with Gasteiger partial charge in [-0.3, -0.25) is 4.79 Å². The Morgan fingerprint density at radius 1 is 1.35 bits per heavy atom. The van der Waals surface area contributed by atoms with Crippen molar-refractivity contribution >= 4 is 5.91 Å². The van der Waals surface area contributed by atoms with Gasteiger partial charge in [0.25, 0.3) is 5.91 Å². The molecule has 0 aliphatic heterocycles. The average Bonchev–Trinajstić information content (AvgIpc) is 2.35. The molecule has 1 aromatic carbocycles. The van der Waals surface area contributed by atoms with E-state index in [0.717, 1.165) is 12.1 Å². The van der Waals surface area contributed by atoms with Gasteiger partial charge in [-0.2, -0.15) is 13.2 Å². The molecule has 0 heterocycles. The average molecular weight is 291 g/mol. The molecule has 7 heteroatoms. The lowest BCUT2D eigenvalue weighted by Crippen LogP contribution is -2.44. The minimum atomic E-state index is -4.61. The van der Waals surface area contributed by atoms with Gasteiger partial charge in [-0.15, -0.1) is 0 Å². The fraction of sp³-hybridized carbons (Fsp3) is 0.462. The highest BCUT2D eigenvalue weighted by molar-refractivity contribution is 5.95. The fourth-order valence-electron chi connectivity index (χ4n) is 1.66. The zero-order valence-corrected chi connectivity index (χ0v) is 11.1. The maximum absolute atomic E-state index is 12.8. The zero-order chi connectivity index (χ0) is 15.4. The van der Waals surface area contributed by atoms with Crippen LogP contribution in [-0.2, 0) is 10.9 Å². The van der Waals surface area contributed by atoms with Gasteiger partial charge in [-0.25, -0.2) is 0 Å². The molecule has 0 saturated carbocycles. The second-order valence-electron chi connectivity index (χ2n) is 4.66. The van der Waals surface area contributed by atoms with Gasteiger partial charge in [-0.05, 0) is 19.1 Å². The molecule has 2 N–H and O–H groups in total. The summed E-state index contributed by atoms with van der Waals surface area (Å²) in [6.45, 7) is 1.15. The molecule has 1 rings (SSSR count). The Kier molecular flexibility index (Phi) is 5.13. The van der Waals surface area contributed by atoms with Crippen molar-refractivity contribution in [3.05, 3.63) is 35.4 Å². The first-order chi connectivity index (χ1) is 9.17. The van der Waals surface area contributed by atoms with Gasteiger partial charge in [0.15, 0.2) is 0 Å². The van der Waals surface area contributed by atoms with Gasteiger partial charge in [0.05, 0.1) is 17.7 Å². The molecule has 4 nitrogen and oxygen atoms in total. The summed E-state index contributed by atoms with van der Waals surface area (Å²) in [5.74, 6) is -0.894. The number of hydrogen-bond donors (Lipinski definition) is 2. The highest BCUT2D eigenvalue weighted by Gasteiger charge is 2.35. The Hall–Kier alpha value is -1.60. The van der Waals surface area contributed by atoms with E-state index >= 15 is 0 Å². The Labute approximate surface area is 114 Å². The van der Waals surface area contributed by atoms with Crippen LogP contribution in [0, 0.1) is 0 Å². The number of ether oxygens (including phenoxy) is 1. The highest BCUT2D eigenvalue weighted by atomic mass is 19.4. The highest BCUT2D eigenvalue weighted by Crippen LogP contribution is 2.31. The Morgan fingerprint density at radius 2 is 1.95 bits per heavy atom. The topological polar surface area (TPSA) is 58.6 Å². The quantitative estimate of drug-likeness (QED) is 0.870. The van der Waals surface area contributed by atoms with E-state index in [1.165, 1.54) is 26.2 Å². The van der Waals surface area contributed by atoms with Crippen LogP contribution in [0.3, 0.4) is 0 Å². The van der Waals surface area contributed by atoms with Crippen molar-refractivity contribution in [1.29, 1.82) is 0 Å². The lowest BCUT2D eigenvalue weighted by atomic mass is 10.1. The minimum Gasteiger partial charge on any atom is -0.386 e. The number of halogens is 3. The molecule has 0 spiro atoms. The Balaban J connectivity index is 2.84. The van der Waals surface area contributed by atoms with Gasteiger partial charge in [-0.1, -0.05) is 12.1 Å². The molecule has 0 aromatic heterocycles. The number of amides is 1. The second kappa shape index (κ2) is 6.23. The largest absolute Gasteiger partial charge is 0.417 e. The summed E-state index contributed by atoms with van der Waals surface area (Å²) in [6, 6.07) is 4.48. The summed E-state index contributed by atoms with van der Waals surface area (Å²) in [6.07, 6.45) is -4.61. The van der Waals surface area contributed by atoms with Crippen LogP contribution in [0.4, 0.5) is 13.2 Å². The van der Waals surface area contributed by atoms with Crippen molar-refractivity contribution in [2.45, 2.75) is 18.7 Å². The predicted molar refractivity (Wildman–Crippen MR) is 66.3 cm³/mol. The van der Waals surface area contributed by atoms with Crippen molar-refractivity contribution in [2.24, 2.45) is 0 Å². The first-order valence-electron chi connectivity index (χ1n) is 5.83. The van der Waals surface area contributed by atoms with E-state index in [-0.39, 0.29) is 13.2 Å². The monoisotopic (exact) mass is 291 g/mol. The van der Waals surface area contributed by atoms with Gasteiger partial charge in [0.1, 0.15) is 5.60 Å². The van der Waals surface area contributed by atoms with Gasteiger partial charge < -0.3 is 15.2 Å². The third kappa shape index (κ3) is 4.50. The molecular formula is C13H16F3NO3. The molecule has 0 aliphatic rings. The van der Waals surface area contributed by atoms with E-state index in [1.54, 1.807) is 0 Å². The summed E-state index contributed by atoms with van der Waals surface area (Å²) < 4.78 is 43.0. The molecule has 0 radical (unpaired) electrons.